The Morgan fingerprint density at radius 2 is 2.21 bits per heavy atom. The van der Waals surface area contributed by atoms with Crippen LogP contribution in [0.4, 0.5) is 0 Å². The van der Waals surface area contributed by atoms with Crippen LogP contribution >= 0.6 is 11.6 Å². The summed E-state index contributed by atoms with van der Waals surface area (Å²) in [6.45, 7) is 1.49. The molecule has 5 nitrogen and oxygen atoms in total. The molecule has 3 rings (SSSR count). The van der Waals surface area contributed by atoms with Gasteiger partial charge in [-0.3, -0.25) is 4.90 Å². The minimum Gasteiger partial charge on any atom is -0.490 e. The van der Waals surface area contributed by atoms with Crippen molar-refractivity contribution in [3.63, 3.8) is 0 Å². The highest BCUT2D eigenvalue weighted by Gasteiger charge is 2.12. The Kier molecular flexibility index (Phi) is 5.14. The van der Waals surface area contributed by atoms with Crippen LogP contribution in [0.5, 0.6) is 5.75 Å². The average molecular weight is 348 g/mol. The van der Waals surface area contributed by atoms with Crippen LogP contribution in [-0.2, 0) is 13.6 Å². The Morgan fingerprint density at radius 1 is 1.38 bits per heavy atom. The van der Waals surface area contributed by atoms with Gasteiger partial charge < -0.3 is 19.4 Å². The lowest BCUT2D eigenvalue weighted by atomic mass is 10.2. The monoisotopic (exact) mass is 347 g/mol. The molecule has 0 fully saturated rings. The normalized spacial score (nSPS) is 12.9. The summed E-state index contributed by atoms with van der Waals surface area (Å²) in [7, 11) is 3.93. The van der Waals surface area contributed by atoms with Gasteiger partial charge in [-0.05, 0) is 31.3 Å². The molecule has 2 heterocycles. The number of benzene rings is 1. The maximum absolute atomic E-state index is 10.2. The summed E-state index contributed by atoms with van der Waals surface area (Å²) in [4.78, 5) is 5.20. The van der Waals surface area contributed by atoms with Gasteiger partial charge in [0, 0.05) is 49.1 Å². The number of rotatable bonds is 7. The molecule has 2 N–H and O–H groups in total. The van der Waals surface area contributed by atoms with E-state index in [4.69, 9.17) is 16.3 Å². The largest absolute Gasteiger partial charge is 0.490 e. The Hall–Kier alpha value is -1.95. The van der Waals surface area contributed by atoms with Gasteiger partial charge in [0.15, 0.2) is 0 Å². The molecule has 1 aromatic carbocycles. The number of aliphatic hydroxyl groups excluding tert-OH is 1. The number of hydrogen-bond donors (Lipinski definition) is 2. The molecule has 1 unspecified atom stereocenters. The van der Waals surface area contributed by atoms with Gasteiger partial charge in [0.2, 0.25) is 0 Å². The third-order valence-electron chi connectivity index (χ3n) is 4.02. The van der Waals surface area contributed by atoms with Crippen molar-refractivity contribution in [3.8, 4) is 5.75 Å². The number of aliphatic hydroxyl groups is 1. The van der Waals surface area contributed by atoms with Crippen LogP contribution in [0.3, 0.4) is 0 Å². The van der Waals surface area contributed by atoms with E-state index in [-0.39, 0.29) is 6.61 Å². The zero-order valence-corrected chi connectivity index (χ0v) is 14.6. The standard InChI is InChI=1S/C18H22ClN3O2/c1-21(10-14-8-13(19)9-22(14)2)11-15(23)12-24-18-5-3-4-17-16(18)6-7-20-17/h3-9,15,20,23H,10-12H2,1-2H3. The van der Waals surface area contributed by atoms with Crippen LogP contribution in [0, 0.1) is 0 Å². The van der Waals surface area contributed by atoms with E-state index in [9.17, 15) is 5.11 Å². The van der Waals surface area contributed by atoms with Gasteiger partial charge in [0.05, 0.1) is 5.02 Å². The van der Waals surface area contributed by atoms with E-state index < -0.39 is 6.10 Å². The Bertz CT molecular complexity index is 812. The number of aromatic nitrogens is 2. The van der Waals surface area contributed by atoms with Crippen LogP contribution in [0.1, 0.15) is 5.69 Å². The van der Waals surface area contributed by atoms with Gasteiger partial charge in [-0.2, -0.15) is 0 Å². The number of hydrogen-bond acceptors (Lipinski definition) is 3. The fourth-order valence-corrected chi connectivity index (χ4v) is 3.12. The van der Waals surface area contributed by atoms with Crippen LogP contribution in [0.15, 0.2) is 42.7 Å². The number of aryl methyl sites for hydroxylation is 1. The van der Waals surface area contributed by atoms with Crippen molar-refractivity contribution in [1.29, 1.82) is 0 Å². The number of fused-ring (bicyclic) bond motifs is 1. The third-order valence-corrected chi connectivity index (χ3v) is 4.22. The molecule has 0 radical (unpaired) electrons. The van der Waals surface area contributed by atoms with Crippen LogP contribution in [0.25, 0.3) is 10.9 Å². The molecule has 6 heteroatoms. The number of nitrogens with zero attached hydrogens (tertiary/aromatic N) is 2. The summed E-state index contributed by atoms with van der Waals surface area (Å²) in [5.41, 5.74) is 2.13. The fourth-order valence-electron chi connectivity index (χ4n) is 2.85. The molecule has 3 aromatic rings. The Balaban J connectivity index is 1.53. The molecule has 0 saturated carbocycles. The maximum Gasteiger partial charge on any atom is 0.128 e. The number of nitrogens with one attached hydrogen (secondary N) is 1. The van der Waals surface area contributed by atoms with E-state index in [0.29, 0.717) is 13.1 Å². The van der Waals surface area contributed by atoms with Gasteiger partial charge >= 0.3 is 0 Å². The second-order valence-corrected chi connectivity index (χ2v) is 6.55. The molecule has 0 saturated heterocycles. The first-order chi connectivity index (χ1) is 11.5. The lowest BCUT2D eigenvalue weighted by molar-refractivity contribution is 0.0744. The topological polar surface area (TPSA) is 53.4 Å². The summed E-state index contributed by atoms with van der Waals surface area (Å²) in [5, 5.41) is 12.0. The van der Waals surface area contributed by atoms with Crippen LogP contribution in [0.2, 0.25) is 5.02 Å². The van der Waals surface area contributed by atoms with Crippen molar-refractivity contribution in [1.82, 2.24) is 14.5 Å². The second kappa shape index (κ2) is 7.30. The lowest BCUT2D eigenvalue weighted by Gasteiger charge is -2.21. The molecule has 0 aliphatic heterocycles. The quantitative estimate of drug-likeness (QED) is 0.690. The molecular formula is C18H22ClN3O2. The first-order valence-electron chi connectivity index (χ1n) is 7.89. The molecule has 24 heavy (non-hydrogen) atoms. The summed E-state index contributed by atoms with van der Waals surface area (Å²) in [6.07, 6.45) is 3.19. The van der Waals surface area contributed by atoms with Gasteiger partial charge in [-0.25, -0.2) is 0 Å². The number of aromatic amines is 1. The van der Waals surface area contributed by atoms with Gasteiger partial charge in [-0.1, -0.05) is 17.7 Å². The van der Waals surface area contributed by atoms with E-state index >= 15 is 0 Å². The predicted octanol–water partition coefficient (Wildman–Crippen LogP) is 3.03. The predicted molar refractivity (Wildman–Crippen MR) is 96.6 cm³/mol. The molecule has 0 spiro atoms. The zero-order valence-electron chi connectivity index (χ0n) is 13.9. The molecule has 0 aliphatic rings. The first-order valence-corrected chi connectivity index (χ1v) is 8.27. The summed E-state index contributed by atoms with van der Waals surface area (Å²) in [6, 6.07) is 9.76. The van der Waals surface area contributed by atoms with E-state index in [1.165, 1.54) is 0 Å². The molecule has 2 aromatic heterocycles. The van der Waals surface area contributed by atoms with Gasteiger partial charge in [0.25, 0.3) is 0 Å². The van der Waals surface area contributed by atoms with Crippen molar-refractivity contribution in [2.24, 2.45) is 7.05 Å². The minimum absolute atomic E-state index is 0.253. The number of halogens is 1. The number of likely N-dealkylation sites (N-methyl/N-ethyl adjacent to an activating group) is 1. The Morgan fingerprint density at radius 3 is 2.96 bits per heavy atom. The van der Waals surface area contributed by atoms with Crippen LogP contribution in [-0.4, -0.2) is 45.9 Å². The van der Waals surface area contributed by atoms with Gasteiger partial charge in [0.1, 0.15) is 18.5 Å². The highest BCUT2D eigenvalue weighted by molar-refractivity contribution is 6.30. The molecule has 0 aliphatic carbocycles. The molecular weight excluding hydrogens is 326 g/mol. The van der Waals surface area contributed by atoms with Gasteiger partial charge in [-0.15, -0.1) is 0 Å². The minimum atomic E-state index is -0.570. The lowest BCUT2D eigenvalue weighted by Crippen LogP contribution is -2.33. The molecule has 0 bridgehead atoms. The smallest absolute Gasteiger partial charge is 0.128 e. The second-order valence-electron chi connectivity index (χ2n) is 6.12. The highest BCUT2D eigenvalue weighted by Crippen LogP contribution is 2.24. The van der Waals surface area contributed by atoms with Crippen molar-refractivity contribution in [3.05, 3.63) is 53.4 Å². The van der Waals surface area contributed by atoms with Crippen molar-refractivity contribution in [2.75, 3.05) is 20.2 Å². The fraction of sp³-hybridized carbons (Fsp3) is 0.333. The summed E-state index contributed by atoms with van der Waals surface area (Å²) >= 11 is 6.00. The molecule has 128 valence electrons. The van der Waals surface area contributed by atoms with E-state index in [0.717, 1.165) is 27.4 Å². The van der Waals surface area contributed by atoms with Crippen molar-refractivity contribution >= 4 is 22.5 Å². The maximum atomic E-state index is 10.2. The average Bonchev–Trinajstić information content (AvgIpc) is 3.12. The van der Waals surface area contributed by atoms with Crippen LogP contribution < -0.4 is 4.74 Å². The highest BCUT2D eigenvalue weighted by atomic mass is 35.5. The first kappa shape index (κ1) is 16.9. The summed E-state index contributed by atoms with van der Waals surface area (Å²) in [5.74, 6) is 0.782. The van der Waals surface area contributed by atoms with E-state index in [2.05, 4.69) is 9.88 Å². The zero-order chi connectivity index (χ0) is 17.1. The Labute approximate surface area is 146 Å². The summed E-state index contributed by atoms with van der Waals surface area (Å²) < 4.78 is 7.79. The van der Waals surface area contributed by atoms with E-state index in [1.54, 1.807) is 0 Å². The van der Waals surface area contributed by atoms with E-state index in [1.807, 2.05) is 61.4 Å². The molecule has 0 amide bonds. The molecule has 1 atom stereocenters. The SMILES string of the molecule is CN(Cc1cc(Cl)cn1C)CC(O)COc1cccc2[nH]ccc12. The third kappa shape index (κ3) is 3.93. The number of ether oxygens (including phenoxy) is 1. The van der Waals surface area contributed by atoms with Crippen molar-refractivity contribution in [2.45, 2.75) is 12.6 Å². The van der Waals surface area contributed by atoms with Crippen molar-refractivity contribution < 1.29 is 9.84 Å². The number of H-pyrrole nitrogens is 1.